The molecule has 2 atom stereocenters. The minimum absolute atomic E-state index is 0.0177. The summed E-state index contributed by atoms with van der Waals surface area (Å²) >= 11 is 0. The number of likely N-dealkylation sites (tertiary alicyclic amines) is 1. The van der Waals surface area contributed by atoms with Crippen LogP contribution in [0.5, 0.6) is 5.75 Å². The number of pyridine rings is 1. The van der Waals surface area contributed by atoms with Gasteiger partial charge in [-0.25, -0.2) is 4.79 Å². The third kappa shape index (κ3) is 4.97. The number of hydrogen-bond donors (Lipinski definition) is 2. The van der Waals surface area contributed by atoms with Gasteiger partial charge in [0.2, 0.25) is 5.91 Å². The number of aromatic carboxylic acids is 1. The number of carboxylic acid groups (broad SMARTS) is 1. The number of nitrogens with one attached hydrogen (secondary N) is 1. The van der Waals surface area contributed by atoms with Crippen molar-refractivity contribution in [2.75, 3.05) is 25.5 Å². The van der Waals surface area contributed by atoms with Crippen molar-refractivity contribution in [2.45, 2.75) is 25.3 Å². The third-order valence-electron chi connectivity index (χ3n) is 7.05. The van der Waals surface area contributed by atoms with Crippen molar-refractivity contribution < 1.29 is 24.2 Å². The van der Waals surface area contributed by atoms with Crippen LogP contribution in [0.15, 0.2) is 65.5 Å². The zero-order chi connectivity index (χ0) is 26.1. The Morgan fingerprint density at radius 2 is 1.76 bits per heavy atom. The molecule has 2 aromatic carbocycles. The fraction of sp³-hybridized carbons (Fsp3) is 0.286. The van der Waals surface area contributed by atoms with Crippen molar-refractivity contribution in [1.29, 1.82) is 0 Å². The maximum Gasteiger partial charge on any atom is 0.335 e. The van der Waals surface area contributed by atoms with Gasteiger partial charge < -0.3 is 24.6 Å². The van der Waals surface area contributed by atoms with Gasteiger partial charge in [-0.05, 0) is 60.4 Å². The van der Waals surface area contributed by atoms with Crippen molar-refractivity contribution in [3.63, 3.8) is 0 Å². The third-order valence-corrected chi connectivity index (χ3v) is 7.05. The molecule has 2 N–H and O–H groups in total. The normalized spacial score (nSPS) is 18.0. The molecule has 0 saturated carbocycles. The van der Waals surface area contributed by atoms with Crippen LogP contribution in [-0.2, 0) is 17.8 Å². The molecule has 2 aliphatic heterocycles. The number of carbonyl (C=O) groups is 3. The van der Waals surface area contributed by atoms with E-state index in [0.29, 0.717) is 30.9 Å². The van der Waals surface area contributed by atoms with Crippen molar-refractivity contribution in [2.24, 2.45) is 5.92 Å². The number of fused-ring (bicyclic) bond motifs is 4. The number of carboxylic acids is 1. The quantitative estimate of drug-likeness (QED) is 0.536. The Morgan fingerprint density at radius 3 is 2.49 bits per heavy atom. The van der Waals surface area contributed by atoms with Gasteiger partial charge in [-0.1, -0.05) is 18.2 Å². The molecule has 3 aromatic rings. The number of amides is 2. The molecule has 0 radical (unpaired) electrons. The highest BCUT2D eigenvalue weighted by Crippen LogP contribution is 2.36. The highest BCUT2D eigenvalue weighted by atomic mass is 16.5. The highest BCUT2D eigenvalue weighted by molar-refractivity contribution is 5.97. The van der Waals surface area contributed by atoms with Crippen LogP contribution in [0.2, 0.25) is 0 Å². The molecule has 190 valence electrons. The van der Waals surface area contributed by atoms with Crippen LogP contribution in [0.25, 0.3) is 0 Å². The minimum atomic E-state index is -1.08. The summed E-state index contributed by atoms with van der Waals surface area (Å²) in [6.07, 6.45) is 0.998. The number of carbonyl (C=O) groups excluding carboxylic acids is 2. The Hall–Kier alpha value is -4.40. The van der Waals surface area contributed by atoms with E-state index >= 15 is 0 Å². The molecule has 1 fully saturated rings. The number of ether oxygens (including phenoxy) is 1. The average Bonchev–Trinajstić information content (AvgIpc) is 2.90. The van der Waals surface area contributed by atoms with Crippen LogP contribution in [0, 0.1) is 5.92 Å². The summed E-state index contributed by atoms with van der Waals surface area (Å²) < 4.78 is 6.85. The molecule has 2 amide bonds. The molecule has 9 nitrogen and oxygen atoms in total. The summed E-state index contributed by atoms with van der Waals surface area (Å²) in [7, 11) is 1.58. The first-order chi connectivity index (χ1) is 17.8. The van der Waals surface area contributed by atoms with Crippen molar-refractivity contribution in [3.05, 3.63) is 93.4 Å². The number of benzene rings is 2. The number of nitrogens with zero attached hydrogens (tertiary/aromatic N) is 2. The maximum atomic E-state index is 13.2. The molecule has 0 spiro atoms. The summed E-state index contributed by atoms with van der Waals surface area (Å²) in [4.78, 5) is 52.1. The first-order valence-electron chi connectivity index (χ1n) is 12.1. The second-order valence-corrected chi connectivity index (χ2v) is 9.56. The Morgan fingerprint density at radius 1 is 1.00 bits per heavy atom. The van der Waals surface area contributed by atoms with E-state index in [1.807, 2.05) is 18.2 Å². The second-order valence-electron chi connectivity index (χ2n) is 9.56. The van der Waals surface area contributed by atoms with Gasteiger partial charge in [0.25, 0.3) is 11.5 Å². The zero-order valence-electron chi connectivity index (χ0n) is 20.3. The van der Waals surface area contributed by atoms with E-state index in [0.717, 1.165) is 17.7 Å². The summed E-state index contributed by atoms with van der Waals surface area (Å²) in [5.74, 6) is -0.797. The molecule has 0 aliphatic carbocycles. The highest BCUT2D eigenvalue weighted by Gasteiger charge is 2.37. The van der Waals surface area contributed by atoms with Gasteiger partial charge in [-0.15, -0.1) is 0 Å². The number of anilines is 1. The Balaban J connectivity index is 1.30. The van der Waals surface area contributed by atoms with Gasteiger partial charge in [0.1, 0.15) is 11.4 Å². The molecule has 2 unspecified atom stereocenters. The van der Waals surface area contributed by atoms with Gasteiger partial charge in [-0.2, -0.15) is 0 Å². The average molecular weight is 502 g/mol. The van der Waals surface area contributed by atoms with E-state index in [1.165, 1.54) is 12.1 Å². The first kappa shape index (κ1) is 24.3. The zero-order valence-corrected chi connectivity index (χ0v) is 20.3. The van der Waals surface area contributed by atoms with Gasteiger partial charge >= 0.3 is 5.97 Å². The topological polar surface area (TPSA) is 118 Å². The van der Waals surface area contributed by atoms with Crippen LogP contribution in [0.1, 0.15) is 44.3 Å². The summed E-state index contributed by atoms with van der Waals surface area (Å²) in [6, 6.07) is 16.7. The summed E-state index contributed by atoms with van der Waals surface area (Å²) in [6.45, 7) is 1.37. The van der Waals surface area contributed by atoms with Crippen molar-refractivity contribution in [1.82, 2.24) is 9.47 Å². The van der Waals surface area contributed by atoms with Crippen LogP contribution in [0.3, 0.4) is 0 Å². The smallest absolute Gasteiger partial charge is 0.335 e. The largest absolute Gasteiger partial charge is 0.497 e. The predicted molar refractivity (Wildman–Crippen MR) is 136 cm³/mol. The number of piperidine rings is 1. The molecule has 37 heavy (non-hydrogen) atoms. The fourth-order valence-electron chi connectivity index (χ4n) is 5.30. The second kappa shape index (κ2) is 9.93. The first-order valence-corrected chi connectivity index (χ1v) is 12.1. The number of methoxy groups -OCH3 is 1. The molecule has 2 bridgehead atoms. The van der Waals surface area contributed by atoms with E-state index < -0.39 is 5.97 Å². The SMILES string of the molecule is COc1ccc(CC(=O)Nc2ccc3n(c2=O)CC2CC3CN(C(=O)c3cccc(C(=O)O)c3)C2)cc1. The summed E-state index contributed by atoms with van der Waals surface area (Å²) in [5, 5.41) is 12.0. The monoisotopic (exact) mass is 501 g/mol. The molecular formula is C28H27N3O6. The van der Waals surface area contributed by atoms with Crippen molar-refractivity contribution in [3.8, 4) is 5.75 Å². The van der Waals surface area contributed by atoms with Crippen LogP contribution in [-0.4, -0.2) is 52.6 Å². The van der Waals surface area contributed by atoms with E-state index in [1.54, 1.807) is 46.9 Å². The van der Waals surface area contributed by atoms with E-state index in [4.69, 9.17) is 4.74 Å². The minimum Gasteiger partial charge on any atom is -0.497 e. The molecule has 1 saturated heterocycles. The number of rotatable bonds is 6. The molecule has 1 aromatic heterocycles. The van der Waals surface area contributed by atoms with Gasteiger partial charge in [0.05, 0.1) is 19.1 Å². The van der Waals surface area contributed by atoms with Gasteiger partial charge in [0, 0.05) is 36.8 Å². The van der Waals surface area contributed by atoms with E-state index in [9.17, 15) is 24.3 Å². The van der Waals surface area contributed by atoms with Gasteiger partial charge in [0.15, 0.2) is 0 Å². The van der Waals surface area contributed by atoms with Gasteiger partial charge in [-0.3, -0.25) is 14.4 Å². The van der Waals surface area contributed by atoms with Crippen LogP contribution >= 0.6 is 0 Å². The maximum absolute atomic E-state index is 13.2. The lowest BCUT2D eigenvalue weighted by Gasteiger charge is -2.43. The summed E-state index contributed by atoms with van der Waals surface area (Å²) in [5.41, 5.74) is 2.05. The molecule has 9 heteroatoms. The van der Waals surface area contributed by atoms with E-state index in [-0.39, 0.29) is 46.9 Å². The fourth-order valence-corrected chi connectivity index (χ4v) is 5.30. The number of hydrogen-bond acceptors (Lipinski definition) is 5. The lowest BCUT2D eigenvalue weighted by Crippen LogP contribution is -2.49. The molecule has 3 heterocycles. The van der Waals surface area contributed by atoms with Crippen LogP contribution in [0.4, 0.5) is 5.69 Å². The van der Waals surface area contributed by atoms with Crippen LogP contribution < -0.4 is 15.6 Å². The Kier molecular flexibility index (Phi) is 6.52. The Bertz CT molecular complexity index is 1430. The molecule has 5 rings (SSSR count). The van der Waals surface area contributed by atoms with Crippen molar-refractivity contribution >= 4 is 23.5 Å². The lowest BCUT2D eigenvalue weighted by molar-refractivity contribution is -0.115. The molecular weight excluding hydrogens is 474 g/mol. The van der Waals surface area contributed by atoms with E-state index in [2.05, 4.69) is 5.32 Å². The Labute approximate surface area is 213 Å². The number of aromatic nitrogens is 1. The molecule has 2 aliphatic rings. The lowest BCUT2D eigenvalue weighted by atomic mass is 9.83. The predicted octanol–water partition coefficient (Wildman–Crippen LogP) is 3.00. The standard InChI is InChI=1S/C28H27N3O6/c1-37-22-7-5-17(6-8-22)12-25(32)29-23-9-10-24-21-11-18(15-31(24)27(23)34)14-30(16-21)26(33)19-3-2-4-20(13-19)28(35)36/h2-10,13,18,21H,11-12,14-16H2,1H3,(H,29,32)(H,35,36).